The maximum absolute atomic E-state index is 5.36. The molecule has 0 fully saturated rings. The van der Waals surface area contributed by atoms with Crippen LogP contribution in [0, 0.1) is 0 Å². The molecule has 0 aliphatic heterocycles. The van der Waals surface area contributed by atoms with E-state index >= 15 is 0 Å². The monoisotopic (exact) mass is 226 g/mol. The molecule has 3 nitrogen and oxygen atoms in total. The maximum atomic E-state index is 5.36. The molecule has 1 aromatic carbocycles. The topological polar surface area (TPSA) is 34.5 Å². The molecule has 0 amide bonds. The molecule has 1 heterocycles. The molecule has 17 heavy (non-hydrogen) atoms. The Labute approximate surface area is 101 Å². The van der Waals surface area contributed by atoms with E-state index in [0.717, 1.165) is 17.0 Å². The second-order valence-electron chi connectivity index (χ2n) is 3.47. The second-order valence-corrected chi connectivity index (χ2v) is 3.47. The van der Waals surface area contributed by atoms with Crippen molar-refractivity contribution in [3.05, 3.63) is 54.4 Å². The van der Waals surface area contributed by atoms with Crippen LogP contribution in [0.4, 0.5) is 5.69 Å². The summed E-state index contributed by atoms with van der Waals surface area (Å²) in [6.07, 6.45) is 5.32. The van der Waals surface area contributed by atoms with E-state index in [-0.39, 0.29) is 0 Å². The van der Waals surface area contributed by atoms with Gasteiger partial charge in [-0.2, -0.15) is 0 Å². The van der Waals surface area contributed by atoms with Gasteiger partial charge in [-0.3, -0.25) is 9.98 Å². The Hall–Kier alpha value is -2.16. The van der Waals surface area contributed by atoms with Gasteiger partial charge in [0.1, 0.15) is 5.75 Å². The minimum absolute atomic E-state index is 0.680. The number of nitrogens with zero attached hydrogens (tertiary/aromatic N) is 2. The van der Waals surface area contributed by atoms with E-state index in [2.05, 4.69) is 9.98 Å². The van der Waals surface area contributed by atoms with E-state index in [1.165, 1.54) is 0 Å². The van der Waals surface area contributed by atoms with Crippen LogP contribution in [0.2, 0.25) is 0 Å². The Balaban J connectivity index is 2.06. The van der Waals surface area contributed by atoms with Crippen molar-refractivity contribution in [2.24, 2.45) is 4.99 Å². The Morgan fingerprint density at radius 3 is 2.47 bits per heavy atom. The summed E-state index contributed by atoms with van der Waals surface area (Å²) >= 11 is 0. The van der Waals surface area contributed by atoms with Gasteiger partial charge < -0.3 is 4.74 Å². The largest absolute Gasteiger partial charge is 0.494 e. The Bertz CT molecular complexity index is 477. The number of hydrogen-bond acceptors (Lipinski definition) is 3. The van der Waals surface area contributed by atoms with Crippen molar-refractivity contribution in [3.8, 4) is 5.75 Å². The second kappa shape index (κ2) is 5.80. The predicted molar refractivity (Wildman–Crippen MR) is 69.1 cm³/mol. The molecule has 0 saturated carbocycles. The number of aromatic nitrogens is 1. The van der Waals surface area contributed by atoms with Gasteiger partial charge in [0.2, 0.25) is 0 Å². The lowest BCUT2D eigenvalue weighted by atomic mass is 10.3. The van der Waals surface area contributed by atoms with Crippen LogP contribution in [0.15, 0.2) is 53.8 Å². The molecule has 0 atom stereocenters. The fourth-order valence-electron chi connectivity index (χ4n) is 1.39. The lowest BCUT2D eigenvalue weighted by Gasteiger charge is -2.01. The Morgan fingerprint density at radius 1 is 1.12 bits per heavy atom. The van der Waals surface area contributed by atoms with Gasteiger partial charge >= 0.3 is 0 Å². The summed E-state index contributed by atoms with van der Waals surface area (Å²) in [7, 11) is 0. The van der Waals surface area contributed by atoms with Gasteiger partial charge in [0.25, 0.3) is 0 Å². The fraction of sp³-hybridized carbons (Fsp3) is 0.143. The van der Waals surface area contributed by atoms with E-state index in [1.807, 2.05) is 49.5 Å². The summed E-state index contributed by atoms with van der Waals surface area (Å²) in [5.41, 5.74) is 1.94. The third-order valence-electron chi connectivity index (χ3n) is 2.22. The molecule has 0 spiro atoms. The maximum Gasteiger partial charge on any atom is 0.119 e. The third kappa shape index (κ3) is 3.41. The van der Waals surface area contributed by atoms with Crippen molar-refractivity contribution in [2.45, 2.75) is 6.92 Å². The summed E-state index contributed by atoms with van der Waals surface area (Å²) in [6.45, 7) is 2.65. The summed E-state index contributed by atoms with van der Waals surface area (Å²) in [4.78, 5) is 8.32. The summed E-state index contributed by atoms with van der Waals surface area (Å²) in [6, 6.07) is 11.5. The number of aliphatic imine (C=N–C) groups is 1. The average Bonchev–Trinajstić information content (AvgIpc) is 2.40. The van der Waals surface area contributed by atoms with Crippen LogP contribution in [-0.4, -0.2) is 17.8 Å². The van der Waals surface area contributed by atoms with Crippen molar-refractivity contribution in [2.75, 3.05) is 6.61 Å². The van der Waals surface area contributed by atoms with Crippen LogP contribution in [0.25, 0.3) is 0 Å². The smallest absolute Gasteiger partial charge is 0.119 e. The summed E-state index contributed by atoms with van der Waals surface area (Å²) < 4.78 is 5.36. The minimum atomic E-state index is 0.680. The molecule has 0 radical (unpaired) electrons. The number of rotatable bonds is 4. The zero-order valence-corrected chi connectivity index (χ0v) is 9.71. The Kier molecular flexibility index (Phi) is 3.86. The zero-order chi connectivity index (χ0) is 11.9. The van der Waals surface area contributed by atoms with Gasteiger partial charge in [-0.05, 0) is 48.9 Å². The van der Waals surface area contributed by atoms with E-state index in [4.69, 9.17) is 4.74 Å². The molecule has 3 heteroatoms. The van der Waals surface area contributed by atoms with Crippen LogP contribution >= 0.6 is 0 Å². The van der Waals surface area contributed by atoms with E-state index in [0.29, 0.717) is 6.61 Å². The number of ether oxygens (including phenoxy) is 1. The third-order valence-corrected chi connectivity index (χ3v) is 2.22. The predicted octanol–water partition coefficient (Wildman–Crippen LogP) is 3.23. The first-order valence-electron chi connectivity index (χ1n) is 5.55. The highest BCUT2D eigenvalue weighted by Crippen LogP contribution is 2.17. The highest BCUT2D eigenvalue weighted by Gasteiger charge is 1.92. The van der Waals surface area contributed by atoms with Crippen molar-refractivity contribution in [1.29, 1.82) is 0 Å². The molecule has 0 bridgehead atoms. The summed E-state index contributed by atoms with van der Waals surface area (Å²) in [5, 5.41) is 0. The lowest BCUT2D eigenvalue weighted by Crippen LogP contribution is -1.89. The SMILES string of the molecule is CCOc1ccc(N=Cc2ccncc2)cc1. The average molecular weight is 226 g/mol. The van der Waals surface area contributed by atoms with Gasteiger partial charge in [-0.1, -0.05) is 0 Å². The van der Waals surface area contributed by atoms with Crippen LogP contribution in [0.1, 0.15) is 12.5 Å². The molecular weight excluding hydrogens is 212 g/mol. The molecule has 2 rings (SSSR count). The molecule has 0 unspecified atom stereocenters. The quantitative estimate of drug-likeness (QED) is 0.750. The molecular formula is C14H14N2O. The number of hydrogen-bond donors (Lipinski definition) is 0. The standard InChI is InChI=1S/C14H14N2O/c1-2-17-14-5-3-13(4-6-14)16-11-12-7-9-15-10-8-12/h3-11H,2H2,1H3. The Morgan fingerprint density at radius 2 is 1.82 bits per heavy atom. The van der Waals surface area contributed by atoms with Crippen molar-refractivity contribution < 1.29 is 4.74 Å². The number of pyridine rings is 1. The van der Waals surface area contributed by atoms with Crippen LogP contribution in [0.3, 0.4) is 0 Å². The molecule has 2 aromatic rings. The first kappa shape index (κ1) is 11.3. The minimum Gasteiger partial charge on any atom is -0.494 e. The van der Waals surface area contributed by atoms with Crippen molar-refractivity contribution in [1.82, 2.24) is 4.98 Å². The first-order valence-corrected chi connectivity index (χ1v) is 5.55. The molecule has 0 aliphatic carbocycles. The van der Waals surface area contributed by atoms with Gasteiger partial charge in [0.05, 0.1) is 12.3 Å². The first-order chi connectivity index (χ1) is 8.38. The van der Waals surface area contributed by atoms with Gasteiger partial charge in [-0.15, -0.1) is 0 Å². The number of benzene rings is 1. The highest BCUT2D eigenvalue weighted by atomic mass is 16.5. The van der Waals surface area contributed by atoms with E-state index in [1.54, 1.807) is 12.4 Å². The van der Waals surface area contributed by atoms with Gasteiger partial charge in [0.15, 0.2) is 0 Å². The molecule has 1 aromatic heterocycles. The van der Waals surface area contributed by atoms with E-state index < -0.39 is 0 Å². The summed E-state index contributed by atoms with van der Waals surface area (Å²) in [5.74, 6) is 0.871. The molecule has 0 saturated heterocycles. The van der Waals surface area contributed by atoms with Crippen LogP contribution in [0.5, 0.6) is 5.75 Å². The molecule has 0 aliphatic rings. The normalized spacial score (nSPS) is 10.6. The van der Waals surface area contributed by atoms with Crippen molar-refractivity contribution >= 4 is 11.9 Å². The van der Waals surface area contributed by atoms with Gasteiger partial charge in [0, 0.05) is 18.6 Å². The van der Waals surface area contributed by atoms with Crippen LogP contribution < -0.4 is 4.74 Å². The molecule has 0 N–H and O–H groups in total. The highest BCUT2D eigenvalue weighted by molar-refractivity contribution is 5.81. The molecule has 86 valence electrons. The lowest BCUT2D eigenvalue weighted by molar-refractivity contribution is 0.340. The fourth-order valence-corrected chi connectivity index (χ4v) is 1.39. The zero-order valence-electron chi connectivity index (χ0n) is 9.71. The van der Waals surface area contributed by atoms with Crippen molar-refractivity contribution in [3.63, 3.8) is 0 Å². The van der Waals surface area contributed by atoms with Gasteiger partial charge in [-0.25, -0.2) is 0 Å². The van der Waals surface area contributed by atoms with Crippen LogP contribution in [-0.2, 0) is 0 Å². The van der Waals surface area contributed by atoms with E-state index in [9.17, 15) is 0 Å².